The third kappa shape index (κ3) is 8.12. The van der Waals surface area contributed by atoms with Gasteiger partial charge in [0, 0.05) is 59.3 Å². The van der Waals surface area contributed by atoms with Crippen molar-refractivity contribution in [2.45, 2.75) is 43.8 Å². The minimum Gasteiger partial charge on any atom is -0.453 e. The summed E-state index contributed by atoms with van der Waals surface area (Å²) in [4.78, 5) is 26.1. The van der Waals surface area contributed by atoms with Crippen molar-refractivity contribution < 1.29 is 27.5 Å². The van der Waals surface area contributed by atoms with Crippen molar-refractivity contribution in [3.05, 3.63) is 120 Å². The van der Waals surface area contributed by atoms with Gasteiger partial charge in [-0.2, -0.15) is 13.2 Å². The van der Waals surface area contributed by atoms with Gasteiger partial charge >= 0.3 is 12.3 Å². The van der Waals surface area contributed by atoms with Gasteiger partial charge in [-0.1, -0.05) is 73.2 Å². The Labute approximate surface area is 282 Å². The van der Waals surface area contributed by atoms with Gasteiger partial charge in [0.25, 0.3) is 0 Å². The molecule has 2 aliphatic heterocycles. The largest absolute Gasteiger partial charge is 0.453 e. The zero-order valence-corrected chi connectivity index (χ0v) is 27.3. The highest BCUT2D eigenvalue weighted by Gasteiger charge is 2.32. The molecule has 2 atom stereocenters. The molecule has 2 amide bonds. The molecule has 250 valence electrons. The number of halogens is 4. The van der Waals surface area contributed by atoms with Gasteiger partial charge in [-0.05, 0) is 59.9 Å². The average Bonchev–Trinajstić information content (AvgIpc) is 3.06. The van der Waals surface area contributed by atoms with Crippen LogP contribution in [-0.2, 0) is 9.53 Å². The van der Waals surface area contributed by atoms with Crippen LogP contribution in [0.1, 0.15) is 42.7 Å². The molecule has 0 saturated heterocycles. The molecule has 2 bridgehead atoms. The Hall–Kier alpha value is -4.96. The van der Waals surface area contributed by atoms with E-state index in [2.05, 4.69) is 40.7 Å². The number of nitrogens with one attached hydrogen (secondary N) is 3. The van der Waals surface area contributed by atoms with Crippen LogP contribution >= 0.6 is 11.6 Å². The van der Waals surface area contributed by atoms with E-state index in [1.54, 1.807) is 37.4 Å². The fourth-order valence-corrected chi connectivity index (χ4v) is 6.15. The van der Waals surface area contributed by atoms with Crippen LogP contribution in [-0.4, -0.2) is 38.4 Å². The second kappa shape index (κ2) is 14.9. The molecule has 48 heavy (non-hydrogen) atoms. The number of methoxy groups -OCH3 is 1. The van der Waals surface area contributed by atoms with E-state index in [1.807, 2.05) is 30.5 Å². The standard InChI is InChI=1S/C37H36ClF3N4O3/c1-4-26(37(39,40)41)22-45(2)34-17-13-27(38)19-31(34)25-12-16-32(42-21-25)29-10-5-6-11-35(46)44-33-20-28(43-36(47)48-3)14-15-30(33)24-9-7-8-23(29)18-24/h4,7-9,12-22,29,32,42H,1,5-6,10-11H2,2-3H3,(H,43,47)(H,44,46)/b26-22+. The highest BCUT2D eigenvalue weighted by atomic mass is 35.5. The molecular formula is C37H36ClF3N4O3. The molecule has 2 heterocycles. The van der Waals surface area contributed by atoms with E-state index in [0.717, 1.165) is 47.4 Å². The highest BCUT2D eigenvalue weighted by Crippen LogP contribution is 2.38. The van der Waals surface area contributed by atoms with E-state index < -0.39 is 17.8 Å². The SMILES string of the molecule is C=C/C(=C\N(C)c1ccc(Cl)cc1C1=CNC(C2CCCCC(=O)Nc3cc(NC(=O)OC)ccc3-c3cccc2c3)C=C1)C(F)(F)F. The van der Waals surface area contributed by atoms with Crippen molar-refractivity contribution in [3.63, 3.8) is 0 Å². The van der Waals surface area contributed by atoms with Crippen molar-refractivity contribution in [2.75, 3.05) is 29.7 Å². The summed E-state index contributed by atoms with van der Waals surface area (Å²) in [6.07, 6.45) is 5.20. The van der Waals surface area contributed by atoms with Crippen LogP contribution in [0.25, 0.3) is 16.7 Å². The van der Waals surface area contributed by atoms with E-state index >= 15 is 0 Å². The number of carbonyl (C=O) groups is 2. The summed E-state index contributed by atoms with van der Waals surface area (Å²) in [5, 5.41) is 9.64. The number of benzene rings is 3. The lowest BCUT2D eigenvalue weighted by atomic mass is 9.83. The number of rotatable bonds is 6. The van der Waals surface area contributed by atoms with Gasteiger partial charge in [0.2, 0.25) is 5.91 Å². The number of hydrogen-bond acceptors (Lipinski definition) is 5. The molecule has 0 aromatic heterocycles. The topological polar surface area (TPSA) is 82.7 Å². The monoisotopic (exact) mass is 676 g/mol. The van der Waals surface area contributed by atoms with E-state index in [4.69, 9.17) is 16.3 Å². The molecular weight excluding hydrogens is 641 g/mol. The zero-order chi connectivity index (χ0) is 34.4. The molecule has 0 spiro atoms. The Morgan fingerprint density at radius 2 is 1.92 bits per heavy atom. The van der Waals surface area contributed by atoms with E-state index in [9.17, 15) is 22.8 Å². The Morgan fingerprint density at radius 3 is 2.62 bits per heavy atom. The second-order valence-corrected chi connectivity index (χ2v) is 12.0. The Morgan fingerprint density at radius 1 is 1.10 bits per heavy atom. The maximum atomic E-state index is 13.5. The first kappa shape index (κ1) is 34.4. The first-order chi connectivity index (χ1) is 23.0. The zero-order valence-electron chi connectivity index (χ0n) is 26.5. The van der Waals surface area contributed by atoms with Crippen LogP contribution in [0.4, 0.5) is 35.0 Å². The number of nitrogens with zero attached hydrogens (tertiary/aromatic N) is 1. The van der Waals surface area contributed by atoms with Crippen LogP contribution in [0.2, 0.25) is 5.02 Å². The van der Waals surface area contributed by atoms with Gasteiger partial charge in [-0.15, -0.1) is 0 Å². The lowest BCUT2D eigenvalue weighted by molar-refractivity contribution is -0.116. The summed E-state index contributed by atoms with van der Waals surface area (Å²) < 4.78 is 45.1. The van der Waals surface area contributed by atoms with Crippen molar-refractivity contribution in [1.29, 1.82) is 0 Å². The van der Waals surface area contributed by atoms with Crippen molar-refractivity contribution >= 4 is 46.2 Å². The fourth-order valence-electron chi connectivity index (χ4n) is 5.98. The van der Waals surface area contributed by atoms with Crippen LogP contribution in [0.15, 0.2) is 103 Å². The predicted molar refractivity (Wildman–Crippen MR) is 186 cm³/mol. The van der Waals surface area contributed by atoms with Crippen LogP contribution in [0.5, 0.6) is 0 Å². The molecule has 0 aliphatic carbocycles. The highest BCUT2D eigenvalue weighted by molar-refractivity contribution is 6.31. The fraction of sp³-hybridized carbons (Fsp3) is 0.243. The minimum absolute atomic E-state index is 0.0524. The lowest BCUT2D eigenvalue weighted by Gasteiger charge is -2.30. The summed E-state index contributed by atoms with van der Waals surface area (Å²) in [5.41, 5.74) is 5.02. The molecule has 0 fully saturated rings. The maximum absolute atomic E-state index is 13.5. The van der Waals surface area contributed by atoms with Crippen LogP contribution in [0, 0.1) is 0 Å². The smallest absolute Gasteiger partial charge is 0.417 e. The number of alkyl halides is 3. The molecule has 2 aliphatic rings. The summed E-state index contributed by atoms with van der Waals surface area (Å²) in [5.74, 6) is -0.0628. The second-order valence-electron chi connectivity index (χ2n) is 11.6. The number of anilines is 3. The van der Waals surface area contributed by atoms with Crippen LogP contribution in [0.3, 0.4) is 0 Å². The third-order valence-electron chi connectivity index (χ3n) is 8.40. The maximum Gasteiger partial charge on any atom is 0.417 e. The van der Waals surface area contributed by atoms with Gasteiger partial charge in [0.15, 0.2) is 0 Å². The number of hydrogen-bond donors (Lipinski definition) is 3. The Kier molecular flexibility index (Phi) is 10.6. The van der Waals surface area contributed by atoms with Crippen LogP contribution < -0.4 is 20.9 Å². The van der Waals surface area contributed by atoms with Crippen molar-refractivity contribution in [1.82, 2.24) is 5.32 Å². The van der Waals surface area contributed by atoms with Gasteiger partial charge in [-0.25, -0.2) is 4.79 Å². The summed E-state index contributed by atoms with van der Waals surface area (Å²) in [6, 6.07) is 18.5. The van der Waals surface area contributed by atoms with Gasteiger partial charge in [0.05, 0.1) is 24.4 Å². The minimum atomic E-state index is -4.54. The summed E-state index contributed by atoms with van der Waals surface area (Å²) in [7, 11) is 2.84. The number of ether oxygens (including phenoxy) is 1. The van der Waals surface area contributed by atoms with E-state index in [1.165, 1.54) is 12.0 Å². The normalized spacial score (nSPS) is 18.2. The molecule has 2 unspecified atom stereocenters. The molecule has 11 heteroatoms. The quantitative estimate of drug-likeness (QED) is 0.227. The molecule has 3 aromatic carbocycles. The summed E-state index contributed by atoms with van der Waals surface area (Å²) in [6.45, 7) is 3.32. The third-order valence-corrected chi connectivity index (χ3v) is 8.63. The molecule has 3 aromatic rings. The van der Waals surface area contributed by atoms with Crippen molar-refractivity contribution in [2.24, 2.45) is 0 Å². The number of carbonyl (C=O) groups excluding carboxylic acids is 2. The first-order valence-corrected chi connectivity index (χ1v) is 15.8. The Bertz CT molecular complexity index is 1800. The molecule has 5 rings (SSSR count). The van der Waals surface area contributed by atoms with Gasteiger partial charge in [-0.3, -0.25) is 10.1 Å². The average molecular weight is 677 g/mol. The number of amides is 2. The predicted octanol–water partition coefficient (Wildman–Crippen LogP) is 9.42. The Balaban J connectivity index is 1.45. The molecule has 0 saturated carbocycles. The molecule has 7 nitrogen and oxygen atoms in total. The summed E-state index contributed by atoms with van der Waals surface area (Å²) >= 11 is 6.35. The van der Waals surface area contributed by atoms with E-state index in [0.29, 0.717) is 40.5 Å². The van der Waals surface area contributed by atoms with E-state index in [-0.39, 0.29) is 17.9 Å². The number of allylic oxidation sites excluding steroid dienone is 4. The van der Waals surface area contributed by atoms with Crippen molar-refractivity contribution in [3.8, 4) is 11.1 Å². The first-order valence-electron chi connectivity index (χ1n) is 15.4. The van der Waals surface area contributed by atoms with Gasteiger partial charge in [0.1, 0.15) is 0 Å². The molecule has 0 radical (unpaired) electrons. The molecule has 3 N–H and O–H groups in total. The number of fused-ring (bicyclic) bond motifs is 4. The lowest BCUT2D eigenvalue weighted by Crippen LogP contribution is -2.32. The van der Waals surface area contributed by atoms with Gasteiger partial charge < -0.3 is 20.3 Å². The number of dihydropyridines is 1.